The van der Waals surface area contributed by atoms with E-state index in [1.807, 2.05) is 72.8 Å². The van der Waals surface area contributed by atoms with Gasteiger partial charge < -0.3 is 9.47 Å². The average molecular weight is 440 g/mol. The van der Waals surface area contributed by atoms with Gasteiger partial charge in [-0.25, -0.2) is 10.4 Å². The highest BCUT2D eigenvalue weighted by atomic mass is 16.5. The fourth-order valence-corrected chi connectivity index (χ4v) is 3.37. The van der Waals surface area contributed by atoms with Crippen LogP contribution in [0.1, 0.15) is 29.3 Å². The molecule has 166 valence electrons. The van der Waals surface area contributed by atoms with Gasteiger partial charge in [0.15, 0.2) is 0 Å². The number of rotatable bonds is 8. The molecule has 1 amide bonds. The summed E-state index contributed by atoms with van der Waals surface area (Å²) >= 11 is 0. The molecule has 0 spiro atoms. The van der Waals surface area contributed by atoms with E-state index in [1.54, 1.807) is 19.4 Å². The number of carbonyl (C=O) groups is 1. The van der Waals surface area contributed by atoms with Crippen LogP contribution in [0.15, 0.2) is 84.0 Å². The summed E-state index contributed by atoms with van der Waals surface area (Å²) in [6, 6.07) is 24.5. The number of methoxy groups -OCH3 is 1. The molecule has 0 unspecified atom stereocenters. The number of nitrogens with one attached hydrogen (secondary N) is 1. The van der Waals surface area contributed by atoms with Crippen LogP contribution in [-0.4, -0.2) is 30.8 Å². The van der Waals surface area contributed by atoms with E-state index < -0.39 is 0 Å². The minimum Gasteiger partial charge on any atom is -0.497 e. The van der Waals surface area contributed by atoms with Crippen molar-refractivity contribution in [3.8, 4) is 22.8 Å². The first kappa shape index (κ1) is 22.0. The van der Waals surface area contributed by atoms with Gasteiger partial charge in [0.2, 0.25) is 0 Å². The Morgan fingerprint density at radius 1 is 1.00 bits per heavy atom. The van der Waals surface area contributed by atoms with Crippen molar-refractivity contribution in [2.45, 2.75) is 13.3 Å². The Labute approximate surface area is 192 Å². The van der Waals surface area contributed by atoms with E-state index in [1.165, 1.54) is 0 Å². The lowest BCUT2D eigenvalue weighted by atomic mass is 10.0. The van der Waals surface area contributed by atoms with Crippen molar-refractivity contribution in [2.24, 2.45) is 5.10 Å². The number of fused-ring (bicyclic) bond motifs is 1. The molecule has 33 heavy (non-hydrogen) atoms. The minimum atomic E-state index is -0.303. The molecule has 0 fully saturated rings. The fourth-order valence-electron chi connectivity index (χ4n) is 3.37. The van der Waals surface area contributed by atoms with Crippen LogP contribution >= 0.6 is 0 Å². The van der Waals surface area contributed by atoms with Gasteiger partial charge in [-0.3, -0.25) is 4.79 Å². The normalized spacial score (nSPS) is 11.0. The molecule has 0 radical (unpaired) electrons. The molecular weight excluding hydrogens is 414 g/mol. The second kappa shape index (κ2) is 10.4. The third kappa shape index (κ3) is 5.36. The van der Waals surface area contributed by atoms with E-state index in [0.717, 1.165) is 39.9 Å². The highest BCUT2D eigenvalue weighted by molar-refractivity contribution is 6.07. The molecule has 4 aromatic rings. The first-order valence-corrected chi connectivity index (χ1v) is 10.8. The van der Waals surface area contributed by atoms with Crippen LogP contribution in [0, 0.1) is 0 Å². The van der Waals surface area contributed by atoms with Crippen LogP contribution in [0.25, 0.3) is 22.2 Å². The summed E-state index contributed by atoms with van der Waals surface area (Å²) in [5.41, 5.74) is 6.34. The molecule has 0 atom stereocenters. The van der Waals surface area contributed by atoms with Crippen molar-refractivity contribution < 1.29 is 14.3 Å². The van der Waals surface area contributed by atoms with Gasteiger partial charge in [-0.15, -0.1) is 0 Å². The maximum absolute atomic E-state index is 13.0. The minimum absolute atomic E-state index is 0.303. The fraction of sp³-hybridized carbons (Fsp3) is 0.148. The summed E-state index contributed by atoms with van der Waals surface area (Å²) in [5, 5.41) is 4.90. The van der Waals surface area contributed by atoms with Gasteiger partial charge in [0.05, 0.1) is 36.7 Å². The van der Waals surface area contributed by atoms with Crippen molar-refractivity contribution >= 4 is 23.0 Å². The molecule has 4 rings (SSSR count). The lowest BCUT2D eigenvalue weighted by Gasteiger charge is -2.09. The van der Waals surface area contributed by atoms with Gasteiger partial charge in [-0.1, -0.05) is 25.1 Å². The van der Waals surface area contributed by atoms with Gasteiger partial charge in [0.1, 0.15) is 11.5 Å². The van der Waals surface area contributed by atoms with Crippen molar-refractivity contribution in [1.82, 2.24) is 10.4 Å². The van der Waals surface area contributed by atoms with E-state index in [9.17, 15) is 4.79 Å². The molecule has 1 aromatic heterocycles. The van der Waals surface area contributed by atoms with Gasteiger partial charge in [0, 0.05) is 10.9 Å². The van der Waals surface area contributed by atoms with Crippen LogP contribution in [0.4, 0.5) is 0 Å². The summed E-state index contributed by atoms with van der Waals surface area (Å²) in [6.45, 7) is 2.75. The Kier molecular flexibility index (Phi) is 6.95. The standard InChI is InChI=1S/C27H25N3O3/c1-3-16-33-22-12-8-19(9-13-22)18-28-30-27(31)24-17-26(20-10-14-21(32-2)15-11-20)29-25-7-5-4-6-23(24)25/h4-15,17-18H,3,16H2,1-2H3,(H,30,31). The van der Waals surface area contributed by atoms with Crippen LogP contribution in [-0.2, 0) is 0 Å². The quantitative estimate of drug-likeness (QED) is 0.292. The maximum Gasteiger partial charge on any atom is 0.272 e. The summed E-state index contributed by atoms with van der Waals surface area (Å²) in [6.07, 6.45) is 2.56. The number of aromatic nitrogens is 1. The molecule has 0 aliphatic carbocycles. The van der Waals surface area contributed by atoms with E-state index in [-0.39, 0.29) is 5.91 Å². The third-order valence-corrected chi connectivity index (χ3v) is 5.08. The number of hydrazone groups is 1. The van der Waals surface area contributed by atoms with Crippen molar-refractivity contribution in [3.05, 3.63) is 90.0 Å². The summed E-state index contributed by atoms with van der Waals surface area (Å²) in [7, 11) is 1.63. The maximum atomic E-state index is 13.0. The van der Waals surface area contributed by atoms with Crippen molar-refractivity contribution in [3.63, 3.8) is 0 Å². The molecule has 1 N–H and O–H groups in total. The lowest BCUT2D eigenvalue weighted by molar-refractivity contribution is 0.0956. The van der Waals surface area contributed by atoms with Crippen molar-refractivity contribution in [2.75, 3.05) is 13.7 Å². The van der Waals surface area contributed by atoms with Crippen molar-refractivity contribution in [1.29, 1.82) is 0 Å². The van der Waals surface area contributed by atoms with Crippen LogP contribution < -0.4 is 14.9 Å². The summed E-state index contributed by atoms with van der Waals surface area (Å²) in [4.78, 5) is 17.7. The second-order valence-corrected chi connectivity index (χ2v) is 7.42. The topological polar surface area (TPSA) is 72.8 Å². The number of benzene rings is 3. The highest BCUT2D eigenvalue weighted by Crippen LogP contribution is 2.26. The van der Waals surface area contributed by atoms with Crippen LogP contribution in [0.3, 0.4) is 0 Å². The van der Waals surface area contributed by atoms with Crippen LogP contribution in [0.2, 0.25) is 0 Å². The zero-order valence-corrected chi connectivity index (χ0v) is 18.6. The number of amides is 1. The molecule has 0 saturated carbocycles. The Balaban J connectivity index is 1.56. The number of hydrogen-bond donors (Lipinski definition) is 1. The predicted molar refractivity (Wildman–Crippen MR) is 131 cm³/mol. The molecular formula is C27H25N3O3. The molecule has 3 aromatic carbocycles. The van der Waals surface area contributed by atoms with Crippen LogP contribution in [0.5, 0.6) is 11.5 Å². The molecule has 0 bridgehead atoms. The lowest BCUT2D eigenvalue weighted by Crippen LogP contribution is -2.18. The smallest absolute Gasteiger partial charge is 0.272 e. The van der Waals surface area contributed by atoms with E-state index in [4.69, 9.17) is 14.5 Å². The van der Waals surface area contributed by atoms with Gasteiger partial charge in [-0.05, 0) is 72.6 Å². The van der Waals surface area contributed by atoms with E-state index in [2.05, 4.69) is 17.5 Å². The first-order chi connectivity index (χ1) is 16.2. The number of carbonyl (C=O) groups excluding carboxylic acids is 1. The number of hydrogen-bond acceptors (Lipinski definition) is 5. The number of pyridine rings is 1. The second-order valence-electron chi connectivity index (χ2n) is 7.42. The molecule has 1 heterocycles. The average Bonchev–Trinajstić information content (AvgIpc) is 2.87. The zero-order valence-electron chi connectivity index (χ0n) is 18.6. The Morgan fingerprint density at radius 2 is 1.73 bits per heavy atom. The third-order valence-electron chi connectivity index (χ3n) is 5.08. The summed E-state index contributed by atoms with van der Waals surface area (Å²) in [5.74, 6) is 1.27. The highest BCUT2D eigenvalue weighted by Gasteiger charge is 2.13. The Hall–Kier alpha value is -4.19. The molecule has 0 saturated heterocycles. The van der Waals surface area contributed by atoms with E-state index >= 15 is 0 Å². The predicted octanol–water partition coefficient (Wildman–Crippen LogP) is 5.46. The monoisotopic (exact) mass is 439 g/mol. The largest absolute Gasteiger partial charge is 0.497 e. The van der Waals surface area contributed by atoms with Gasteiger partial charge in [-0.2, -0.15) is 5.10 Å². The zero-order chi connectivity index (χ0) is 23.0. The van der Waals surface area contributed by atoms with E-state index in [0.29, 0.717) is 17.9 Å². The Bertz CT molecular complexity index is 1270. The molecule has 6 heteroatoms. The summed E-state index contributed by atoms with van der Waals surface area (Å²) < 4.78 is 10.8. The molecule has 6 nitrogen and oxygen atoms in total. The first-order valence-electron chi connectivity index (χ1n) is 10.8. The molecule has 0 aliphatic heterocycles. The SMILES string of the molecule is CCCOc1ccc(C=NNC(=O)c2cc(-c3ccc(OC)cc3)nc3ccccc23)cc1. The Morgan fingerprint density at radius 3 is 2.45 bits per heavy atom. The molecule has 0 aliphatic rings. The number of para-hydroxylation sites is 1. The number of ether oxygens (including phenoxy) is 2. The number of nitrogens with zero attached hydrogens (tertiary/aromatic N) is 2. The van der Waals surface area contributed by atoms with Gasteiger partial charge >= 0.3 is 0 Å². The van der Waals surface area contributed by atoms with Gasteiger partial charge in [0.25, 0.3) is 5.91 Å².